The molecule has 366 valence electrons. The average Bonchev–Trinajstić information content (AvgIpc) is 3.24. The zero-order chi connectivity index (χ0) is 45.6. The Morgan fingerprint density at radius 1 is 0.516 bits per heavy atom. The van der Waals surface area contributed by atoms with Gasteiger partial charge < -0.3 is 43.3 Å². The summed E-state index contributed by atoms with van der Waals surface area (Å²) in [5.74, 6) is -2.63. The van der Waals surface area contributed by atoms with Crippen molar-refractivity contribution in [2.45, 2.75) is 225 Å². The second kappa shape index (κ2) is 45.5. The molecule has 0 aromatic heterocycles. The molecule has 1 amide bonds. The van der Waals surface area contributed by atoms with Crippen LogP contribution in [0.1, 0.15) is 219 Å². The molecule has 0 aliphatic rings. The smallest absolute Gasteiger partial charge is 0.329 e. The van der Waals surface area contributed by atoms with E-state index in [0.717, 1.165) is 38.5 Å². The van der Waals surface area contributed by atoms with E-state index >= 15 is 0 Å². The number of unbranched alkanes of at least 4 members (excludes halogenated alkanes) is 28. The summed E-state index contributed by atoms with van der Waals surface area (Å²) < 4.78 is 43.1. The zero-order valence-corrected chi connectivity index (χ0v) is 40.0. The van der Waals surface area contributed by atoms with E-state index in [9.17, 15) is 28.6 Å². The van der Waals surface area contributed by atoms with E-state index in [2.05, 4.69) is 19.2 Å². The summed E-state index contributed by atoms with van der Waals surface area (Å²) in [6.07, 6.45) is 35.6. The van der Waals surface area contributed by atoms with Crippen LogP contribution in [0.15, 0.2) is 0 Å². The second-order valence-electron chi connectivity index (χ2n) is 16.6. The minimum absolute atomic E-state index is 0.000831. The number of phosphoric acid groups is 1. The molecule has 0 saturated carbocycles. The van der Waals surface area contributed by atoms with Crippen molar-refractivity contribution in [1.82, 2.24) is 5.32 Å². The Labute approximate surface area is 376 Å². The Bertz CT molecular complexity index is 1110. The molecule has 0 spiro atoms. The number of carbonyl (C=O) groups excluding carboxylic acids is 3. The molecule has 0 aromatic carbocycles. The lowest BCUT2D eigenvalue weighted by Crippen LogP contribution is -2.32. The van der Waals surface area contributed by atoms with E-state index in [-0.39, 0.29) is 45.8 Å². The maximum atomic E-state index is 12.7. The number of esters is 2. The molecule has 0 rings (SSSR count). The summed E-state index contributed by atoms with van der Waals surface area (Å²) in [7, 11) is -4.87. The number of carboxylic acid groups (broad SMARTS) is 1. The summed E-state index contributed by atoms with van der Waals surface area (Å²) in [4.78, 5) is 60.1. The molecule has 14 nitrogen and oxygen atoms in total. The molecule has 0 radical (unpaired) electrons. The van der Waals surface area contributed by atoms with Gasteiger partial charge in [-0.1, -0.05) is 194 Å². The highest BCUT2D eigenvalue weighted by Gasteiger charge is 2.21. The Morgan fingerprint density at radius 3 is 1.32 bits per heavy atom. The predicted octanol–water partition coefficient (Wildman–Crippen LogP) is 10.7. The number of phosphoric ester groups is 1. The van der Waals surface area contributed by atoms with Crippen LogP contribution in [0.2, 0.25) is 0 Å². The summed E-state index contributed by atoms with van der Waals surface area (Å²) >= 11 is 0. The van der Waals surface area contributed by atoms with Crippen LogP contribution < -0.4 is 10.2 Å². The first-order valence-corrected chi connectivity index (χ1v) is 26.1. The molecular formula is C47H89NO13P-. The molecule has 2 N–H and O–H groups in total. The fraction of sp³-hybridized carbons (Fsp3) is 0.915. The molecule has 0 bridgehead atoms. The first-order chi connectivity index (χ1) is 30.1. The second-order valence-corrected chi connectivity index (χ2v) is 18.0. The minimum Gasteiger partial charge on any atom is -0.756 e. The zero-order valence-electron chi connectivity index (χ0n) is 39.2. The molecule has 0 saturated heterocycles. The van der Waals surface area contributed by atoms with E-state index in [1.165, 1.54) is 141 Å². The van der Waals surface area contributed by atoms with Gasteiger partial charge in [0.25, 0.3) is 7.82 Å². The number of carbonyl (C=O) groups is 4. The van der Waals surface area contributed by atoms with Crippen LogP contribution in [0, 0.1) is 0 Å². The van der Waals surface area contributed by atoms with Gasteiger partial charge in [0, 0.05) is 19.4 Å². The quantitative estimate of drug-likeness (QED) is 0.0333. The third-order valence-electron chi connectivity index (χ3n) is 10.6. The number of amides is 1. The van der Waals surface area contributed by atoms with E-state index in [1.54, 1.807) is 0 Å². The number of ether oxygens (including phenoxy) is 4. The van der Waals surface area contributed by atoms with Crippen LogP contribution in [-0.4, -0.2) is 87.8 Å². The van der Waals surface area contributed by atoms with Crippen molar-refractivity contribution in [2.24, 2.45) is 0 Å². The molecule has 0 heterocycles. The van der Waals surface area contributed by atoms with Gasteiger partial charge in [0.2, 0.25) is 5.91 Å². The first kappa shape index (κ1) is 59.9. The maximum Gasteiger partial charge on any atom is 0.329 e. The molecular weight excluding hydrogens is 817 g/mol. The predicted molar refractivity (Wildman–Crippen MR) is 242 cm³/mol. The van der Waals surface area contributed by atoms with Gasteiger partial charge in [0.15, 0.2) is 6.10 Å². The van der Waals surface area contributed by atoms with Gasteiger partial charge in [-0.05, 0) is 12.8 Å². The number of carboxylic acids is 1. The Morgan fingerprint density at radius 2 is 0.903 bits per heavy atom. The van der Waals surface area contributed by atoms with Gasteiger partial charge >= 0.3 is 17.9 Å². The van der Waals surface area contributed by atoms with Crippen LogP contribution >= 0.6 is 7.82 Å². The van der Waals surface area contributed by atoms with Crippen molar-refractivity contribution >= 4 is 31.6 Å². The highest BCUT2D eigenvalue weighted by Crippen LogP contribution is 2.38. The Balaban J connectivity index is 4.50. The first-order valence-electron chi connectivity index (χ1n) is 24.7. The lowest BCUT2D eigenvalue weighted by molar-refractivity contribution is -0.228. The van der Waals surface area contributed by atoms with Crippen LogP contribution in [0.4, 0.5) is 0 Å². The normalized spacial score (nSPS) is 12.8. The van der Waals surface area contributed by atoms with E-state index in [1.807, 2.05) is 0 Å². The van der Waals surface area contributed by atoms with Crippen LogP contribution in [0.5, 0.6) is 0 Å². The lowest BCUT2D eigenvalue weighted by Gasteiger charge is -2.25. The number of rotatable bonds is 49. The maximum absolute atomic E-state index is 12.7. The van der Waals surface area contributed by atoms with Gasteiger partial charge in [-0.15, -0.1) is 0 Å². The number of hydrogen-bond donors (Lipinski definition) is 2. The molecule has 2 atom stereocenters. The van der Waals surface area contributed by atoms with Crippen molar-refractivity contribution < 1.29 is 61.7 Å². The fourth-order valence-electron chi connectivity index (χ4n) is 6.95. The van der Waals surface area contributed by atoms with E-state index in [0.29, 0.717) is 12.8 Å². The van der Waals surface area contributed by atoms with E-state index in [4.69, 9.17) is 33.1 Å². The summed E-state index contributed by atoms with van der Waals surface area (Å²) in [6.45, 7) is 2.14. The Kier molecular flexibility index (Phi) is 43.9. The third-order valence-corrected chi connectivity index (χ3v) is 11.6. The standard InChI is InChI=1S/C47H90NO13P/c1-3-5-7-9-11-13-15-17-19-21-23-25-27-29-31-33-46(52)58-39-43(40-60-62(54,55)59-36-35-48-44(49)41-56-37-38-57-42-45(50)51)61-47(53)34-32-30-28-26-24-22-20-18-16-14-12-10-8-6-4-2/h43H,3-42H2,1-2H3,(H,48,49)(H,50,51)(H,54,55)/p-1/t43-/m1/s1. The van der Waals surface area contributed by atoms with Crippen molar-refractivity contribution in [1.29, 1.82) is 0 Å². The van der Waals surface area contributed by atoms with Gasteiger partial charge in [-0.2, -0.15) is 0 Å². The number of nitrogens with one attached hydrogen (secondary N) is 1. The van der Waals surface area contributed by atoms with Gasteiger partial charge in [0.1, 0.15) is 19.8 Å². The summed E-state index contributed by atoms with van der Waals surface area (Å²) in [6, 6.07) is 0. The van der Waals surface area contributed by atoms with Crippen LogP contribution in [0.3, 0.4) is 0 Å². The SMILES string of the molecule is CCCCCCCCCCCCCCCCCC(=O)OC[C@H](COP(=O)([O-])OCCNC(=O)COCCOCC(=O)O)OC(=O)CCCCCCCCCCCCCCCCC. The van der Waals surface area contributed by atoms with Gasteiger partial charge in [-0.3, -0.25) is 18.9 Å². The van der Waals surface area contributed by atoms with Gasteiger partial charge in [0.05, 0.1) is 26.4 Å². The molecule has 15 heteroatoms. The molecule has 0 aliphatic carbocycles. The topological polar surface area (TPSA) is 196 Å². The number of hydrogen-bond acceptors (Lipinski definition) is 12. The monoisotopic (exact) mass is 907 g/mol. The van der Waals surface area contributed by atoms with Crippen LogP contribution in [0.25, 0.3) is 0 Å². The van der Waals surface area contributed by atoms with E-state index < -0.39 is 57.6 Å². The molecule has 0 aliphatic heterocycles. The molecule has 0 aromatic rings. The summed E-state index contributed by atoms with van der Waals surface area (Å²) in [5, 5.41) is 11.0. The molecule has 62 heavy (non-hydrogen) atoms. The highest BCUT2D eigenvalue weighted by molar-refractivity contribution is 7.45. The highest BCUT2D eigenvalue weighted by atomic mass is 31.2. The fourth-order valence-corrected chi connectivity index (χ4v) is 7.69. The van der Waals surface area contributed by atoms with Crippen molar-refractivity contribution in [3.8, 4) is 0 Å². The van der Waals surface area contributed by atoms with Crippen LogP contribution in [-0.2, 0) is 51.7 Å². The Hall–Kier alpha value is -2.09. The lowest BCUT2D eigenvalue weighted by atomic mass is 10.0. The number of aliphatic carboxylic acids is 1. The largest absolute Gasteiger partial charge is 0.756 e. The molecule has 0 fully saturated rings. The third kappa shape index (κ3) is 45.9. The van der Waals surface area contributed by atoms with Crippen molar-refractivity contribution in [3.63, 3.8) is 0 Å². The average molecular weight is 907 g/mol. The van der Waals surface area contributed by atoms with Crippen molar-refractivity contribution in [2.75, 3.05) is 52.8 Å². The minimum atomic E-state index is -4.87. The van der Waals surface area contributed by atoms with Gasteiger partial charge in [-0.25, -0.2) is 4.79 Å². The van der Waals surface area contributed by atoms with Crippen molar-refractivity contribution in [3.05, 3.63) is 0 Å². The summed E-state index contributed by atoms with van der Waals surface area (Å²) in [5.41, 5.74) is 0. The molecule has 1 unspecified atom stereocenters.